The standard InChI is InChI=1S/C28H42N8O3/c1-19-17-34(15-16-35(19)25(37)28(3,4)30)26(38)31-24-11-14-36(27(39)32-24)23-7-5-21(6-8-23)18-33-12-9-22(10-13-33)20(2)29/h5-8,11,14,19-20,22H,9-10,12-13,15-18,29-30H2,1-4H3,(H,31,32,38,39)/t19-,20+/m1/s1. The van der Waals surface area contributed by atoms with Gasteiger partial charge in [0.25, 0.3) is 0 Å². The van der Waals surface area contributed by atoms with Crippen LogP contribution < -0.4 is 22.5 Å². The number of benzene rings is 1. The van der Waals surface area contributed by atoms with Crippen molar-refractivity contribution in [1.82, 2.24) is 24.3 Å². The number of likely N-dealkylation sites (tertiary alicyclic amines) is 1. The lowest BCUT2D eigenvalue weighted by molar-refractivity contribution is -0.139. The molecule has 0 spiro atoms. The zero-order chi connectivity index (χ0) is 28.3. The van der Waals surface area contributed by atoms with Gasteiger partial charge in [-0.15, -0.1) is 0 Å². The van der Waals surface area contributed by atoms with E-state index in [-0.39, 0.29) is 29.8 Å². The van der Waals surface area contributed by atoms with Crippen LogP contribution in [0.15, 0.2) is 41.3 Å². The van der Waals surface area contributed by atoms with Crippen LogP contribution in [0.2, 0.25) is 0 Å². The monoisotopic (exact) mass is 538 g/mol. The molecule has 0 saturated carbocycles. The first-order valence-corrected chi connectivity index (χ1v) is 13.7. The van der Waals surface area contributed by atoms with Crippen molar-refractivity contribution in [2.24, 2.45) is 17.4 Å². The van der Waals surface area contributed by atoms with E-state index in [9.17, 15) is 14.4 Å². The Balaban J connectivity index is 1.32. The number of hydrogen-bond donors (Lipinski definition) is 3. The largest absolute Gasteiger partial charge is 0.354 e. The number of nitrogens with one attached hydrogen (secondary N) is 1. The van der Waals surface area contributed by atoms with Gasteiger partial charge in [0.05, 0.1) is 11.2 Å². The highest BCUT2D eigenvalue weighted by Crippen LogP contribution is 2.21. The highest BCUT2D eigenvalue weighted by molar-refractivity contribution is 5.89. The van der Waals surface area contributed by atoms with Crippen molar-refractivity contribution in [2.45, 2.75) is 64.7 Å². The lowest BCUT2D eigenvalue weighted by Gasteiger charge is -2.42. The molecule has 0 radical (unpaired) electrons. The van der Waals surface area contributed by atoms with Crippen molar-refractivity contribution in [3.05, 3.63) is 52.6 Å². The molecule has 0 unspecified atom stereocenters. The molecule has 1 aromatic heterocycles. The van der Waals surface area contributed by atoms with Crippen LogP contribution in [0.25, 0.3) is 5.69 Å². The number of urea groups is 1. The van der Waals surface area contributed by atoms with Crippen molar-refractivity contribution >= 4 is 17.8 Å². The molecule has 1 aromatic carbocycles. The summed E-state index contributed by atoms with van der Waals surface area (Å²) in [4.78, 5) is 48.0. The van der Waals surface area contributed by atoms with E-state index in [0.717, 1.165) is 32.5 Å². The van der Waals surface area contributed by atoms with Crippen molar-refractivity contribution < 1.29 is 9.59 Å². The summed E-state index contributed by atoms with van der Waals surface area (Å²) in [5, 5.41) is 2.71. The Labute approximate surface area is 230 Å². The van der Waals surface area contributed by atoms with Crippen molar-refractivity contribution in [2.75, 3.05) is 38.0 Å². The summed E-state index contributed by atoms with van der Waals surface area (Å²) < 4.78 is 1.45. The molecule has 212 valence electrons. The second kappa shape index (κ2) is 11.8. The average molecular weight is 539 g/mol. The van der Waals surface area contributed by atoms with E-state index in [1.165, 1.54) is 10.1 Å². The Morgan fingerprint density at radius 3 is 2.33 bits per heavy atom. The maximum Gasteiger partial charge on any atom is 0.354 e. The van der Waals surface area contributed by atoms with Crippen LogP contribution in [0, 0.1) is 5.92 Å². The van der Waals surface area contributed by atoms with E-state index < -0.39 is 11.2 Å². The molecular formula is C28H42N8O3. The number of anilines is 1. The number of piperazine rings is 1. The maximum absolute atomic E-state index is 12.8. The quantitative estimate of drug-likeness (QED) is 0.507. The van der Waals surface area contributed by atoms with E-state index in [0.29, 0.717) is 31.2 Å². The fourth-order valence-corrected chi connectivity index (χ4v) is 5.33. The lowest BCUT2D eigenvalue weighted by atomic mass is 9.91. The Bertz CT molecular complexity index is 1210. The molecule has 2 atom stereocenters. The number of aromatic nitrogens is 2. The predicted octanol–water partition coefficient (Wildman–Crippen LogP) is 1.59. The molecule has 0 bridgehead atoms. The number of amides is 3. The predicted molar refractivity (Wildman–Crippen MR) is 152 cm³/mol. The first-order chi connectivity index (χ1) is 18.4. The van der Waals surface area contributed by atoms with Crippen molar-refractivity contribution in [3.63, 3.8) is 0 Å². The lowest BCUT2D eigenvalue weighted by Crippen LogP contribution is -2.61. The van der Waals surface area contributed by atoms with Gasteiger partial charge in [0.15, 0.2) is 0 Å². The molecule has 5 N–H and O–H groups in total. The van der Waals surface area contributed by atoms with E-state index >= 15 is 0 Å². The first kappa shape index (κ1) is 28.7. The molecule has 2 aliphatic rings. The molecule has 11 heteroatoms. The number of carbonyl (C=O) groups is 2. The zero-order valence-electron chi connectivity index (χ0n) is 23.5. The summed E-state index contributed by atoms with van der Waals surface area (Å²) in [5.41, 5.74) is 12.5. The van der Waals surface area contributed by atoms with Gasteiger partial charge in [0, 0.05) is 44.5 Å². The third kappa shape index (κ3) is 7.03. The van der Waals surface area contributed by atoms with Crippen LogP contribution in [0.3, 0.4) is 0 Å². The molecule has 2 aromatic rings. The molecule has 2 aliphatic heterocycles. The van der Waals surface area contributed by atoms with Crippen LogP contribution in [-0.2, 0) is 11.3 Å². The highest BCUT2D eigenvalue weighted by atomic mass is 16.2. The van der Waals surface area contributed by atoms with E-state index in [1.54, 1.807) is 35.9 Å². The van der Waals surface area contributed by atoms with Crippen LogP contribution in [0.5, 0.6) is 0 Å². The van der Waals surface area contributed by atoms with Gasteiger partial charge in [-0.3, -0.25) is 19.6 Å². The van der Waals surface area contributed by atoms with Gasteiger partial charge in [-0.1, -0.05) is 12.1 Å². The van der Waals surface area contributed by atoms with Gasteiger partial charge in [-0.25, -0.2) is 9.59 Å². The molecule has 3 amide bonds. The third-order valence-electron chi connectivity index (χ3n) is 7.76. The van der Waals surface area contributed by atoms with E-state index in [4.69, 9.17) is 11.5 Å². The van der Waals surface area contributed by atoms with Gasteiger partial charge in [0.1, 0.15) is 5.82 Å². The van der Waals surface area contributed by atoms with E-state index in [2.05, 4.69) is 22.1 Å². The topological polar surface area (TPSA) is 143 Å². The summed E-state index contributed by atoms with van der Waals surface area (Å²) >= 11 is 0. The zero-order valence-corrected chi connectivity index (χ0v) is 23.5. The summed E-state index contributed by atoms with van der Waals surface area (Å²) in [6.45, 7) is 11.4. The van der Waals surface area contributed by atoms with Crippen LogP contribution >= 0.6 is 0 Å². The number of hydrogen-bond acceptors (Lipinski definition) is 7. The smallest absolute Gasteiger partial charge is 0.335 e. The molecular weight excluding hydrogens is 496 g/mol. The highest BCUT2D eigenvalue weighted by Gasteiger charge is 2.35. The summed E-state index contributed by atoms with van der Waals surface area (Å²) in [6, 6.07) is 9.21. The van der Waals surface area contributed by atoms with Gasteiger partial charge in [-0.2, -0.15) is 4.98 Å². The van der Waals surface area contributed by atoms with Crippen molar-refractivity contribution in [1.29, 1.82) is 0 Å². The Morgan fingerprint density at radius 2 is 1.77 bits per heavy atom. The normalized spacial score (nSPS) is 20.1. The Kier molecular flexibility index (Phi) is 8.73. The van der Waals surface area contributed by atoms with Crippen molar-refractivity contribution in [3.8, 4) is 5.69 Å². The fourth-order valence-electron chi connectivity index (χ4n) is 5.33. The minimum Gasteiger partial charge on any atom is -0.335 e. The average Bonchev–Trinajstić information content (AvgIpc) is 2.89. The molecule has 2 saturated heterocycles. The first-order valence-electron chi connectivity index (χ1n) is 13.7. The summed E-state index contributed by atoms with van der Waals surface area (Å²) in [7, 11) is 0. The minimum atomic E-state index is -0.965. The minimum absolute atomic E-state index is 0.143. The number of nitrogens with two attached hydrogens (primary N) is 2. The third-order valence-corrected chi connectivity index (χ3v) is 7.76. The van der Waals surface area contributed by atoms with Gasteiger partial charge in [-0.05, 0) is 83.3 Å². The molecule has 2 fully saturated rings. The number of nitrogens with zero attached hydrogens (tertiary/aromatic N) is 5. The second-order valence-electron chi connectivity index (χ2n) is 11.5. The fraction of sp³-hybridized carbons (Fsp3) is 0.571. The summed E-state index contributed by atoms with van der Waals surface area (Å²) in [6.07, 6.45) is 3.86. The van der Waals surface area contributed by atoms with Gasteiger partial charge in [0.2, 0.25) is 5.91 Å². The van der Waals surface area contributed by atoms with Gasteiger partial charge < -0.3 is 21.3 Å². The number of carbonyl (C=O) groups excluding carboxylic acids is 2. The second-order valence-corrected chi connectivity index (χ2v) is 11.5. The summed E-state index contributed by atoms with van der Waals surface area (Å²) in [5.74, 6) is 0.640. The molecule has 0 aliphatic carbocycles. The molecule has 4 rings (SSSR count). The SMILES string of the molecule is C[C@H](N)C1CCN(Cc2ccc(-n3ccc(NC(=O)N4CCN(C(=O)C(C)(C)N)[C@H](C)C4)nc3=O)cc2)CC1. The molecule has 39 heavy (non-hydrogen) atoms. The molecule has 3 heterocycles. The van der Waals surface area contributed by atoms with E-state index in [1.807, 2.05) is 31.2 Å². The number of piperidine rings is 1. The van der Waals surface area contributed by atoms with Gasteiger partial charge >= 0.3 is 11.7 Å². The molecule has 11 nitrogen and oxygen atoms in total. The maximum atomic E-state index is 12.8. The van der Waals surface area contributed by atoms with Crippen LogP contribution in [0.4, 0.5) is 10.6 Å². The number of rotatable bonds is 6. The Hall–Kier alpha value is -3.28. The van der Waals surface area contributed by atoms with Crippen LogP contribution in [0.1, 0.15) is 46.1 Å². The van der Waals surface area contributed by atoms with Crippen LogP contribution in [-0.4, -0.2) is 86.5 Å². The Morgan fingerprint density at radius 1 is 1.10 bits per heavy atom.